The molecule has 0 radical (unpaired) electrons. The molecule has 84 valence electrons. The summed E-state index contributed by atoms with van der Waals surface area (Å²) in [5, 5.41) is 0. The third-order valence-electron chi connectivity index (χ3n) is 2.42. The second kappa shape index (κ2) is 6.35. The van der Waals surface area contributed by atoms with Gasteiger partial charge in [0.2, 0.25) is 5.95 Å². The maximum Gasteiger partial charge on any atom is 0.225 e. The number of anilines is 1. The van der Waals surface area contributed by atoms with Gasteiger partial charge in [-0.2, -0.15) is 0 Å². The first-order valence-corrected chi connectivity index (χ1v) is 5.48. The molecule has 0 spiro atoms. The fourth-order valence-corrected chi connectivity index (χ4v) is 1.68. The van der Waals surface area contributed by atoms with Crippen LogP contribution in [0.2, 0.25) is 0 Å². The molecule has 15 heavy (non-hydrogen) atoms. The van der Waals surface area contributed by atoms with Crippen molar-refractivity contribution >= 4 is 5.95 Å². The maximum absolute atomic E-state index is 4.50. The highest BCUT2D eigenvalue weighted by atomic mass is 15.2. The molecular formula is C11H20N4. The number of piperidine rings is 1. The first-order valence-electron chi connectivity index (χ1n) is 5.48. The van der Waals surface area contributed by atoms with E-state index in [0.717, 1.165) is 24.7 Å². The number of hydrogen-bond acceptors (Lipinski definition) is 4. The number of aryl methyl sites for hydroxylation is 1. The van der Waals surface area contributed by atoms with E-state index in [4.69, 9.17) is 0 Å². The lowest BCUT2D eigenvalue weighted by Gasteiger charge is -2.26. The van der Waals surface area contributed by atoms with Gasteiger partial charge in [-0.15, -0.1) is 0 Å². The average Bonchev–Trinajstić information content (AvgIpc) is 2.33. The van der Waals surface area contributed by atoms with Gasteiger partial charge in [0.05, 0.1) is 0 Å². The summed E-state index contributed by atoms with van der Waals surface area (Å²) >= 11 is 0. The summed E-state index contributed by atoms with van der Waals surface area (Å²) in [5.41, 5.74) is 5.55. The molecule has 0 aromatic carbocycles. The topological polar surface area (TPSA) is 55.0 Å². The molecule has 1 aromatic heterocycles. The van der Waals surface area contributed by atoms with Crippen LogP contribution in [0, 0.1) is 6.92 Å². The van der Waals surface area contributed by atoms with E-state index < -0.39 is 0 Å². The van der Waals surface area contributed by atoms with Crippen LogP contribution >= 0.6 is 0 Å². The van der Waals surface area contributed by atoms with Gasteiger partial charge in [0.1, 0.15) is 0 Å². The summed E-state index contributed by atoms with van der Waals surface area (Å²) in [4.78, 5) is 11.0. The molecule has 1 aliphatic rings. The van der Waals surface area contributed by atoms with Gasteiger partial charge >= 0.3 is 0 Å². The van der Waals surface area contributed by atoms with E-state index in [0.29, 0.717) is 0 Å². The first-order chi connectivity index (χ1) is 7.36. The van der Waals surface area contributed by atoms with Crippen molar-refractivity contribution in [3.8, 4) is 0 Å². The number of nitrogens with two attached hydrogens (primary N) is 1. The van der Waals surface area contributed by atoms with E-state index in [1.807, 2.05) is 19.2 Å². The Morgan fingerprint density at radius 2 is 1.87 bits per heavy atom. The predicted octanol–water partition coefficient (Wildman–Crippen LogP) is 1.35. The van der Waals surface area contributed by atoms with Crippen molar-refractivity contribution in [3.63, 3.8) is 0 Å². The van der Waals surface area contributed by atoms with Gasteiger partial charge in [0.25, 0.3) is 0 Å². The second-order valence-electron chi connectivity index (χ2n) is 3.55. The molecule has 4 heteroatoms. The van der Waals surface area contributed by atoms with Crippen molar-refractivity contribution in [1.29, 1.82) is 0 Å². The quantitative estimate of drug-likeness (QED) is 0.757. The number of aromatic nitrogens is 2. The van der Waals surface area contributed by atoms with Crippen LogP contribution in [0.4, 0.5) is 5.95 Å². The van der Waals surface area contributed by atoms with Crippen molar-refractivity contribution in [2.75, 3.05) is 25.0 Å². The lowest BCUT2D eigenvalue weighted by molar-refractivity contribution is 0.567. The smallest absolute Gasteiger partial charge is 0.225 e. The minimum Gasteiger partial charge on any atom is -0.341 e. The molecular weight excluding hydrogens is 188 g/mol. The van der Waals surface area contributed by atoms with Gasteiger partial charge in [-0.1, -0.05) is 0 Å². The van der Waals surface area contributed by atoms with Crippen molar-refractivity contribution in [2.24, 2.45) is 5.73 Å². The monoisotopic (exact) mass is 208 g/mol. The standard InChI is InChI=1S/C10H15N3.CH5N/c1-9-5-6-11-10(12-9)13-7-3-2-4-8-13;1-2/h5-6H,2-4,7-8H2,1H3;2H2,1H3. The Labute approximate surface area is 91.5 Å². The van der Waals surface area contributed by atoms with Crippen LogP contribution in [-0.4, -0.2) is 30.1 Å². The van der Waals surface area contributed by atoms with Crippen molar-refractivity contribution in [1.82, 2.24) is 9.97 Å². The number of rotatable bonds is 1. The van der Waals surface area contributed by atoms with Crippen LogP contribution < -0.4 is 10.6 Å². The Morgan fingerprint density at radius 3 is 2.47 bits per heavy atom. The largest absolute Gasteiger partial charge is 0.341 e. The Morgan fingerprint density at radius 1 is 1.20 bits per heavy atom. The molecule has 0 aliphatic carbocycles. The molecule has 2 N–H and O–H groups in total. The first kappa shape index (κ1) is 11.9. The van der Waals surface area contributed by atoms with E-state index >= 15 is 0 Å². The maximum atomic E-state index is 4.50. The molecule has 1 aromatic rings. The molecule has 4 nitrogen and oxygen atoms in total. The van der Waals surface area contributed by atoms with E-state index in [-0.39, 0.29) is 0 Å². The van der Waals surface area contributed by atoms with Gasteiger partial charge in [0, 0.05) is 25.0 Å². The summed E-state index contributed by atoms with van der Waals surface area (Å²) < 4.78 is 0. The number of nitrogens with zero attached hydrogens (tertiary/aromatic N) is 3. The Bertz CT molecular complexity index is 282. The van der Waals surface area contributed by atoms with Crippen LogP contribution in [0.3, 0.4) is 0 Å². The highest BCUT2D eigenvalue weighted by Gasteiger charge is 2.12. The molecule has 0 amide bonds. The van der Waals surface area contributed by atoms with Gasteiger partial charge in [0.15, 0.2) is 0 Å². The lowest BCUT2D eigenvalue weighted by Crippen LogP contribution is -2.31. The van der Waals surface area contributed by atoms with Crippen LogP contribution in [0.15, 0.2) is 12.3 Å². The molecule has 2 heterocycles. The average molecular weight is 208 g/mol. The van der Waals surface area contributed by atoms with Gasteiger partial charge in [-0.3, -0.25) is 0 Å². The third kappa shape index (κ3) is 3.47. The van der Waals surface area contributed by atoms with Gasteiger partial charge < -0.3 is 10.6 Å². The zero-order valence-electron chi connectivity index (χ0n) is 9.61. The highest BCUT2D eigenvalue weighted by Crippen LogP contribution is 2.14. The van der Waals surface area contributed by atoms with E-state index in [1.54, 1.807) is 0 Å². The van der Waals surface area contributed by atoms with Crippen LogP contribution in [0.1, 0.15) is 25.0 Å². The van der Waals surface area contributed by atoms with Crippen molar-refractivity contribution in [2.45, 2.75) is 26.2 Å². The van der Waals surface area contributed by atoms with Crippen LogP contribution in [0.5, 0.6) is 0 Å². The third-order valence-corrected chi connectivity index (χ3v) is 2.42. The van der Waals surface area contributed by atoms with E-state index in [2.05, 4.69) is 20.6 Å². The molecule has 1 fully saturated rings. The summed E-state index contributed by atoms with van der Waals surface area (Å²) in [6, 6.07) is 1.94. The zero-order valence-corrected chi connectivity index (χ0v) is 9.61. The summed E-state index contributed by atoms with van der Waals surface area (Å²) in [6.45, 7) is 4.24. The Kier molecular flexibility index (Phi) is 5.04. The molecule has 1 saturated heterocycles. The van der Waals surface area contributed by atoms with E-state index in [9.17, 15) is 0 Å². The molecule has 0 saturated carbocycles. The molecule has 0 unspecified atom stereocenters. The minimum atomic E-state index is 0.903. The van der Waals surface area contributed by atoms with Gasteiger partial charge in [-0.25, -0.2) is 9.97 Å². The predicted molar refractivity (Wildman–Crippen MR) is 62.9 cm³/mol. The fourth-order valence-electron chi connectivity index (χ4n) is 1.68. The molecule has 0 bridgehead atoms. The minimum absolute atomic E-state index is 0.903. The summed E-state index contributed by atoms with van der Waals surface area (Å²) in [6.07, 6.45) is 5.74. The summed E-state index contributed by atoms with van der Waals surface area (Å²) in [5.74, 6) is 0.903. The van der Waals surface area contributed by atoms with Crippen LogP contribution in [0.25, 0.3) is 0 Å². The van der Waals surface area contributed by atoms with Crippen molar-refractivity contribution in [3.05, 3.63) is 18.0 Å². The fraction of sp³-hybridized carbons (Fsp3) is 0.636. The number of hydrogen-bond donors (Lipinski definition) is 1. The zero-order chi connectivity index (χ0) is 11.1. The van der Waals surface area contributed by atoms with Crippen molar-refractivity contribution < 1.29 is 0 Å². The molecule has 2 rings (SSSR count). The van der Waals surface area contributed by atoms with E-state index in [1.165, 1.54) is 26.3 Å². The second-order valence-corrected chi connectivity index (χ2v) is 3.55. The Hall–Kier alpha value is -1.16. The SMILES string of the molecule is CN.Cc1ccnc(N2CCCCC2)n1. The molecule has 0 atom stereocenters. The summed E-state index contributed by atoms with van der Waals surface area (Å²) in [7, 11) is 1.50. The van der Waals surface area contributed by atoms with Gasteiger partial charge in [-0.05, 0) is 39.3 Å². The molecule has 1 aliphatic heterocycles. The Balaban J connectivity index is 0.000000531. The van der Waals surface area contributed by atoms with Crippen LogP contribution in [-0.2, 0) is 0 Å². The normalized spacial score (nSPS) is 15.5. The highest BCUT2D eigenvalue weighted by molar-refractivity contribution is 5.30. The lowest BCUT2D eigenvalue weighted by atomic mass is 10.1.